The van der Waals surface area contributed by atoms with Crippen molar-refractivity contribution in [1.82, 2.24) is 14.9 Å². The molecule has 7 heteroatoms. The van der Waals surface area contributed by atoms with Crippen molar-refractivity contribution in [2.24, 2.45) is 0 Å². The molecule has 0 saturated carbocycles. The van der Waals surface area contributed by atoms with E-state index < -0.39 is 0 Å². The van der Waals surface area contributed by atoms with E-state index in [0.29, 0.717) is 19.0 Å². The third kappa shape index (κ3) is 3.38. The summed E-state index contributed by atoms with van der Waals surface area (Å²) in [6, 6.07) is 12.2. The second kappa shape index (κ2) is 7.39. The summed E-state index contributed by atoms with van der Waals surface area (Å²) in [6.45, 7) is 7.47. The van der Waals surface area contributed by atoms with Gasteiger partial charge in [0.05, 0.1) is 25.9 Å². The smallest absolute Gasteiger partial charge is 0.254 e. The summed E-state index contributed by atoms with van der Waals surface area (Å²) in [6.07, 6.45) is 0. The first-order chi connectivity index (χ1) is 14.1. The molecular formula is C22H22N4OS2. The molecule has 1 saturated heterocycles. The lowest BCUT2D eigenvalue weighted by Crippen LogP contribution is -2.48. The van der Waals surface area contributed by atoms with E-state index in [9.17, 15) is 4.79 Å². The van der Waals surface area contributed by atoms with Gasteiger partial charge in [0, 0.05) is 31.7 Å². The maximum atomic E-state index is 12.9. The molecule has 3 heterocycles. The van der Waals surface area contributed by atoms with Crippen molar-refractivity contribution in [3.8, 4) is 0 Å². The molecule has 1 fully saturated rings. The van der Waals surface area contributed by atoms with E-state index in [0.717, 1.165) is 39.5 Å². The van der Waals surface area contributed by atoms with Gasteiger partial charge in [-0.05, 0) is 35.7 Å². The summed E-state index contributed by atoms with van der Waals surface area (Å²) in [4.78, 5) is 26.4. The fraction of sp³-hybridized carbons (Fsp3) is 0.318. The van der Waals surface area contributed by atoms with Crippen LogP contribution in [0.25, 0.3) is 20.4 Å². The van der Waals surface area contributed by atoms with Crippen LogP contribution in [0.1, 0.15) is 35.7 Å². The number of carbonyl (C=O) groups is 1. The Labute approximate surface area is 177 Å². The largest absolute Gasteiger partial charge is 0.345 e. The van der Waals surface area contributed by atoms with Gasteiger partial charge in [0.15, 0.2) is 5.13 Å². The van der Waals surface area contributed by atoms with Crippen LogP contribution >= 0.6 is 22.7 Å². The topological polar surface area (TPSA) is 49.3 Å². The van der Waals surface area contributed by atoms with Gasteiger partial charge in [-0.3, -0.25) is 4.79 Å². The Morgan fingerprint density at radius 1 is 1.07 bits per heavy atom. The lowest BCUT2D eigenvalue weighted by molar-refractivity contribution is 0.0747. The third-order valence-corrected chi connectivity index (χ3v) is 7.35. The third-order valence-electron chi connectivity index (χ3n) is 5.48. The lowest BCUT2D eigenvalue weighted by atomic mass is 10.0. The second-order valence-corrected chi connectivity index (χ2v) is 9.55. The van der Waals surface area contributed by atoms with Gasteiger partial charge in [-0.25, -0.2) is 9.97 Å². The van der Waals surface area contributed by atoms with Crippen molar-refractivity contribution in [2.45, 2.75) is 19.8 Å². The molecule has 1 aliphatic heterocycles. The Balaban J connectivity index is 1.31. The number of benzene rings is 2. The average molecular weight is 423 g/mol. The minimum Gasteiger partial charge on any atom is -0.345 e. The van der Waals surface area contributed by atoms with E-state index in [-0.39, 0.29) is 5.91 Å². The average Bonchev–Trinajstić information content (AvgIpc) is 3.39. The van der Waals surface area contributed by atoms with Crippen LogP contribution in [0.3, 0.4) is 0 Å². The SMILES string of the molecule is CC(C)c1cccc2sc(N3CCN(C(=O)c4ccc5ncsc5c4)CC3)nc12. The van der Waals surface area contributed by atoms with E-state index in [1.807, 2.05) is 28.6 Å². The molecule has 2 aromatic carbocycles. The molecule has 0 aliphatic carbocycles. The number of fused-ring (bicyclic) bond motifs is 2. The van der Waals surface area contributed by atoms with Crippen molar-refractivity contribution >= 4 is 54.1 Å². The van der Waals surface area contributed by atoms with Crippen LogP contribution < -0.4 is 4.90 Å². The highest BCUT2D eigenvalue weighted by Crippen LogP contribution is 2.34. The summed E-state index contributed by atoms with van der Waals surface area (Å²) in [5, 5.41) is 1.06. The number of aromatic nitrogens is 2. The maximum Gasteiger partial charge on any atom is 0.254 e. The number of anilines is 1. The highest BCUT2D eigenvalue weighted by molar-refractivity contribution is 7.22. The van der Waals surface area contributed by atoms with Crippen LogP contribution in [0.15, 0.2) is 41.9 Å². The monoisotopic (exact) mass is 422 g/mol. The first-order valence-electron chi connectivity index (χ1n) is 9.87. The van der Waals surface area contributed by atoms with E-state index >= 15 is 0 Å². The van der Waals surface area contributed by atoms with Crippen molar-refractivity contribution in [1.29, 1.82) is 0 Å². The zero-order chi connectivity index (χ0) is 20.0. The van der Waals surface area contributed by atoms with Gasteiger partial charge in [0.2, 0.25) is 0 Å². The molecule has 5 nitrogen and oxygen atoms in total. The first-order valence-corrected chi connectivity index (χ1v) is 11.6. The number of hydrogen-bond donors (Lipinski definition) is 0. The Morgan fingerprint density at radius 3 is 2.69 bits per heavy atom. The fourth-order valence-electron chi connectivity index (χ4n) is 3.83. The second-order valence-electron chi connectivity index (χ2n) is 7.66. The summed E-state index contributed by atoms with van der Waals surface area (Å²) in [5.74, 6) is 0.561. The number of carbonyl (C=O) groups excluding carboxylic acids is 1. The zero-order valence-electron chi connectivity index (χ0n) is 16.5. The highest BCUT2D eigenvalue weighted by Gasteiger charge is 2.24. The zero-order valence-corrected chi connectivity index (χ0v) is 18.1. The highest BCUT2D eigenvalue weighted by atomic mass is 32.1. The molecule has 4 aromatic rings. The summed E-state index contributed by atoms with van der Waals surface area (Å²) in [7, 11) is 0. The van der Waals surface area contributed by atoms with Crippen LogP contribution in [0.4, 0.5) is 5.13 Å². The van der Waals surface area contributed by atoms with Gasteiger partial charge in [-0.15, -0.1) is 11.3 Å². The molecular weight excluding hydrogens is 400 g/mol. The first kappa shape index (κ1) is 18.5. The van der Waals surface area contributed by atoms with Crippen molar-refractivity contribution in [3.63, 3.8) is 0 Å². The summed E-state index contributed by atoms with van der Waals surface area (Å²) >= 11 is 3.32. The molecule has 0 radical (unpaired) electrons. The van der Waals surface area contributed by atoms with Gasteiger partial charge >= 0.3 is 0 Å². The molecule has 0 bridgehead atoms. The molecule has 29 heavy (non-hydrogen) atoms. The number of hydrogen-bond acceptors (Lipinski definition) is 6. The van der Waals surface area contributed by atoms with Crippen molar-refractivity contribution in [2.75, 3.05) is 31.1 Å². The molecule has 2 aromatic heterocycles. The van der Waals surface area contributed by atoms with E-state index in [2.05, 4.69) is 41.9 Å². The predicted octanol–water partition coefficient (Wildman–Crippen LogP) is 4.99. The standard InChI is InChI=1S/C22H22N4OS2/c1-14(2)16-4-3-5-18-20(16)24-22(29-18)26-10-8-25(9-11-26)21(27)15-6-7-17-19(12-15)28-13-23-17/h3-7,12-14H,8-11H2,1-2H3. The molecule has 148 valence electrons. The van der Waals surface area contributed by atoms with Gasteiger partial charge in [0.1, 0.15) is 0 Å². The molecule has 0 spiro atoms. The van der Waals surface area contributed by atoms with E-state index in [1.165, 1.54) is 10.3 Å². The number of piperazine rings is 1. The Bertz CT molecular complexity index is 1190. The Hall–Kier alpha value is -2.51. The normalized spacial score (nSPS) is 15.0. The van der Waals surface area contributed by atoms with Gasteiger partial charge in [0.25, 0.3) is 5.91 Å². The number of para-hydroxylation sites is 1. The van der Waals surface area contributed by atoms with Gasteiger partial charge in [-0.1, -0.05) is 37.3 Å². The van der Waals surface area contributed by atoms with Crippen molar-refractivity contribution in [3.05, 3.63) is 53.0 Å². The minimum absolute atomic E-state index is 0.103. The van der Waals surface area contributed by atoms with E-state index in [1.54, 1.807) is 22.7 Å². The Kier molecular flexibility index (Phi) is 4.72. The van der Waals surface area contributed by atoms with Crippen molar-refractivity contribution < 1.29 is 4.79 Å². The van der Waals surface area contributed by atoms with Crippen LogP contribution in [0, 0.1) is 0 Å². The maximum absolute atomic E-state index is 12.9. The number of thiazole rings is 2. The van der Waals surface area contributed by atoms with E-state index in [4.69, 9.17) is 4.98 Å². The quantitative estimate of drug-likeness (QED) is 0.467. The molecule has 0 unspecified atom stereocenters. The van der Waals surface area contributed by atoms with Crippen LogP contribution in [-0.2, 0) is 0 Å². The summed E-state index contributed by atoms with van der Waals surface area (Å²) in [5.41, 5.74) is 5.95. The molecule has 0 N–H and O–H groups in total. The Morgan fingerprint density at radius 2 is 1.90 bits per heavy atom. The number of amides is 1. The minimum atomic E-state index is 0.103. The van der Waals surface area contributed by atoms with Gasteiger partial charge < -0.3 is 9.80 Å². The number of rotatable bonds is 3. The van der Waals surface area contributed by atoms with Gasteiger partial charge in [-0.2, -0.15) is 0 Å². The number of nitrogens with zero attached hydrogens (tertiary/aromatic N) is 4. The molecule has 0 atom stereocenters. The van der Waals surface area contributed by atoms with Crippen LogP contribution in [-0.4, -0.2) is 47.0 Å². The molecule has 1 amide bonds. The van der Waals surface area contributed by atoms with Crippen LogP contribution in [0.2, 0.25) is 0 Å². The lowest BCUT2D eigenvalue weighted by Gasteiger charge is -2.34. The molecule has 5 rings (SSSR count). The summed E-state index contributed by atoms with van der Waals surface area (Å²) < 4.78 is 2.30. The molecule has 1 aliphatic rings. The van der Waals surface area contributed by atoms with Crippen LogP contribution in [0.5, 0.6) is 0 Å². The predicted molar refractivity (Wildman–Crippen MR) is 121 cm³/mol. The fourth-order valence-corrected chi connectivity index (χ4v) is 5.60.